The summed E-state index contributed by atoms with van der Waals surface area (Å²) in [6, 6.07) is 0. The van der Waals surface area contributed by atoms with E-state index in [1.54, 1.807) is 0 Å². The Kier molecular flexibility index (Phi) is 5.03. The average molecular weight is 356 g/mol. The SMILES string of the molecule is O=[Se](=O)(O)O.[PoH2]. The van der Waals surface area contributed by atoms with Crippen LogP contribution in [0.25, 0.3) is 0 Å². The molecule has 6 heavy (non-hydrogen) atoms. The summed E-state index contributed by atoms with van der Waals surface area (Å²) in [4.78, 5) is 0. The second-order valence-corrected chi connectivity index (χ2v) is 2.33. The zero-order valence-corrected chi connectivity index (χ0v) is 8.22. The van der Waals surface area contributed by atoms with Crippen LogP contribution in [0.15, 0.2) is 0 Å². The second kappa shape index (κ2) is 3.01. The van der Waals surface area contributed by atoms with Gasteiger partial charge < -0.3 is 0 Å². The second-order valence-electron chi connectivity index (χ2n) is 0.448. The van der Waals surface area contributed by atoms with Gasteiger partial charge in [-0.3, -0.25) is 0 Å². The van der Waals surface area contributed by atoms with Crippen molar-refractivity contribution in [2.45, 2.75) is 0 Å². The summed E-state index contributed by atoms with van der Waals surface area (Å²) in [6.07, 6.45) is 0. The normalized spacial score (nSPS) is 9.67. The summed E-state index contributed by atoms with van der Waals surface area (Å²) in [6.45, 7) is 0. The van der Waals surface area contributed by atoms with E-state index in [4.69, 9.17) is 16.0 Å². The van der Waals surface area contributed by atoms with Crippen molar-refractivity contribution in [2.24, 2.45) is 0 Å². The van der Waals surface area contributed by atoms with Gasteiger partial charge in [0.15, 0.2) is 0 Å². The van der Waals surface area contributed by atoms with E-state index in [-0.39, 0.29) is 26.6 Å². The Balaban J connectivity index is 0. The molecule has 0 fully saturated rings. The standard InChI is InChI=1S/H2O4Se.Po.2H/c1-5(2,3)4;;;/h(H2,1,2,3,4);;;. The fraction of sp³-hybridized carbons (Fsp3) is 0. The summed E-state index contributed by atoms with van der Waals surface area (Å²) in [5, 5.41) is 0. The van der Waals surface area contributed by atoms with E-state index in [0.717, 1.165) is 0 Å². The van der Waals surface area contributed by atoms with E-state index >= 15 is 0 Å². The first-order valence-electron chi connectivity index (χ1n) is 0.698. The van der Waals surface area contributed by atoms with Crippen LogP contribution in [0.4, 0.5) is 0 Å². The Morgan fingerprint density at radius 3 is 1.17 bits per heavy atom. The predicted octanol–water partition coefficient (Wildman–Crippen LogP) is -2.65. The van der Waals surface area contributed by atoms with Crippen LogP contribution in [0, 0.1) is 0 Å². The molecule has 40 valence electrons. The first-order chi connectivity index (χ1) is 2.00. The van der Waals surface area contributed by atoms with E-state index < -0.39 is 13.4 Å². The molecule has 2 N–H and O–H groups in total. The molecular formula is H4O4PoSe. The zero-order chi connectivity index (χ0) is 4.50. The summed E-state index contributed by atoms with van der Waals surface area (Å²) in [7, 11) is 0. The molecule has 4 nitrogen and oxygen atoms in total. The summed E-state index contributed by atoms with van der Waals surface area (Å²) >= 11 is -5.25. The van der Waals surface area contributed by atoms with Crippen LogP contribution in [0.5, 0.6) is 0 Å². The Morgan fingerprint density at radius 2 is 1.17 bits per heavy atom. The summed E-state index contributed by atoms with van der Waals surface area (Å²) in [5.74, 6) is 0. The van der Waals surface area contributed by atoms with Gasteiger partial charge >= 0.3 is 56.0 Å². The van der Waals surface area contributed by atoms with Gasteiger partial charge in [-0.2, -0.15) is 0 Å². The summed E-state index contributed by atoms with van der Waals surface area (Å²) in [5.41, 5.74) is 0. The first kappa shape index (κ1) is 10.0. The topological polar surface area (TPSA) is 74.6 Å². The Bertz CT molecular complexity index is 90.7. The molecule has 0 saturated heterocycles. The van der Waals surface area contributed by atoms with E-state index in [2.05, 4.69) is 0 Å². The third-order valence-corrected chi connectivity index (χ3v) is 0. The van der Waals surface area contributed by atoms with Crippen molar-refractivity contribution in [1.29, 1.82) is 0 Å². The fourth-order valence-corrected chi connectivity index (χ4v) is 0. The Labute approximate surface area is 55.9 Å². The molecule has 0 aromatic heterocycles. The first-order valence-corrected chi connectivity index (χ1v) is 3.63. The van der Waals surface area contributed by atoms with Crippen LogP contribution < -0.4 is 0 Å². The van der Waals surface area contributed by atoms with E-state index in [9.17, 15) is 0 Å². The van der Waals surface area contributed by atoms with Crippen LogP contribution in [0.3, 0.4) is 0 Å². The van der Waals surface area contributed by atoms with Crippen molar-refractivity contribution in [3.63, 3.8) is 0 Å². The molecular weight excluding hydrogens is 352 g/mol. The molecule has 6 heteroatoms. The average Bonchev–Trinajstić information content (AvgIpc) is 0.722. The number of hydrogen-bond donors (Lipinski definition) is 2. The molecule has 0 unspecified atom stereocenters. The van der Waals surface area contributed by atoms with Crippen molar-refractivity contribution in [2.75, 3.05) is 0 Å². The Morgan fingerprint density at radius 1 is 1.17 bits per heavy atom. The molecule has 0 spiro atoms. The van der Waals surface area contributed by atoms with Crippen LogP contribution in [0.2, 0.25) is 0 Å². The van der Waals surface area contributed by atoms with Gasteiger partial charge in [0, 0.05) is 0 Å². The molecule has 0 aliphatic heterocycles. The third-order valence-electron chi connectivity index (χ3n) is 0. The van der Waals surface area contributed by atoms with E-state index in [1.807, 2.05) is 0 Å². The fourth-order valence-electron chi connectivity index (χ4n) is 0. The number of hydrogen-bond acceptors (Lipinski definition) is 2. The minimum absolute atomic E-state index is 0. The van der Waals surface area contributed by atoms with E-state index in [0.29, 0.717) is 0 Å². The molecule has 0 saturated carbocycles. The molecule has 0 aliphatic carbocycles. The quantitative estimate of drug-likeness (QED) is 0.466. The van der Waals surface area contributed by atoms with Gasteiger partial charge in [-0.1, -0.05) is 0 Å². The molecule has 0 radical (unpaired) electrons. The van der Waals surface area contributed by atoms with Crippen LogP contribution in [-0.4, -0.2) is 48.3 Å². The van der Waals surface area contributed by atoms with Crippen LogP contribution >= 0.6 is 0 Å². The van der Waals surface area contributed by atoms with Crippen molar-refractivity contribution in [3.8, 4) is 0 Å². The van der Waals surface area contributed by atoms with Gasteiger partial charge in [0.2, 0.25) is 0 Å². The predicted molar refractivity (Wildman–Crippen MR) is 20.1 cm³/mol. The maximum atomic E-state index is 8.82. The molecule has 0 aliphatic rings. The van der Waals surface area contributed by atoms with Crippen LogP contribution in [-0.2, 0) is 7.67 Å². The molecule has 0 heterocycles. The van der Waals surface area contributed by atoms with Gasteiger partial charge in [0.25, 0.3) is 0 Å². The van der Waals surface area contributed by atoms with Crippen molar-refractivity contribution in [1.82, 2.24) is 0 Å². The monoisotopic (exact) mass is 357 g/mol. The Hall–Kier alpha value is 0.936. The molecule has 0 aromatic rings. The zero-order valence-electron chi connectivity index (χ0n) is 2.62. The van der Waals surface area contributed by atoms with Crippen molar-refractivity contribution < 1.29 is 16.0 Å². The van der Waals surface area contributed by atoms with Crippen LogP contribution in [0.1, 0.15) is 0 Å². The molecule has 0 bridgehead atoms. The number of rotatable bonds is 0. The van der Waals surface area contributed by atoms with Gasteiger partial charge in [0.05, 0.1) is 0 Å². The maximum absolute atomic E-state index is 8.82. The van der Waals surface area contributed by atoms with E-state index in [1.165, 1.54) is 0 Å². The summed E-state index contributed by atoms with van der Waals surface area (Å²) < 4.78 is 31.9. The minimum atomic E-state index is -5.25. The van der Waals surface area contributed by atoms with Gasteiger partial charge in [-0.15, -0.1) is 0 Å². The molecule has 0 amide bonds. The van der Waals surface area contributed by atoms with Crippen molar-refractivity contribution >= 4 is 39.9 Å². The van der Waals surface area contributed by atoms with Gasteiger partial charge in [0.1, 0.15) is 0 Å². The van der Waals surface area contributed by atoms with Gasteiger partial charge in [-0.05, 0) is 0 Å². The molecule has 0 aromatic carbocycles. The third kappa shape index (κ3) is 87.3. The van der Waals surface area contributed by atoms with Gasteiger partial charge in [-0.25, -0.2) is 0 Å². The molecule has 0 atom stereocenters. The van der Waals surface area contributed by atoms with Crippen molar-refractivity contribution in [3.05, 3.63) is 0 Å². The molecule has 0 rings (SSSR count).